The first kappa shape index (κ1) is 12.2. The summed E-state index contributed by atoms with van der Waals surface area (Å²) in [6.07, 6.45) is 1.55. The van der Waals surface area contributed by atoms with Crippen LogP contribution in [0.3, 0.4) is 0 Å². The molecule has 2 heteroatoms. The van der Waals surface area contributed by atoms with Crippen molar-refractivity contribution in [2.24, 2.45) is 0 Å². The van der Waals surface area contributed by atoms with Crippen LogP contribution >= 0.6 is 0 Å². The predicted molar refractivity (Wildman–Crippen MR) is 75.4 cm³/mol. The molecule has 1 aliphatic heterocycles. The fourth-order valence-corrected chi connectivity index (χ4v) is 2.62. The summed E-state index contributed by atoms with van der Waals surface area (Å²) in [5, 5.41) is 10.7. The fourth-order valence-electron chi connectivity index (χ4n) is 2.62. The van der Waals surface area contributed by atoms with Crippen LogP contribution in [0.5, 0.6) is 5.75 Å². The van der Waals surface area contributed by atoms with Gasteiger partial charge in [0.1, 0.15) is 5.75 Å². The van der Waals surface area contributed by atoms with Gasteiger partial charge < -0.3 is 9.84 Å². The Kier molecular flexibility index (Phi) is 3.03. The van der Waals surface area contributed by atoms with E-state index in [-0.39, 0.29) is 0 Å². The summed E-state index contributed by atoms with van der Waals surface area (Å²) in [7, 11) is 0. The summed E-state index contributed by atoms with van der Waals surface area (Å²) in [6.45, 7) is 2.62. The van der Waals surface area contributed by atoms with Gasteiger partial charge in [0.2, 0.25) is 0 Å². The van der Waals surface area contributed by atoms with E-state index < -0.39 is 5.60 Å². The van der Waals surface area contributed by atoms with Crippen LogP contribution in [0.15, 0.2) is 48.5 Å². The molecule has 0 aromatic heterocycles. The summed E-state index contributed by atoms with van der Waals surface area (Å²) in [5.41, 5.74) is 2.45. The number of rotatable bonds is 3. The lowest BCUT2D eigenvalue weighted by molar-refractivity contribution is 0.0575. The molecule has 1 aliphatic rings. The van der Waals surface area contributed by atoms with E-state index in [0.717, 1.165) is 29.9 Å². The first-order valence-corrected chi connectivity index (χ1v) is 6.68. The number of ether oxygens (including phenoxy) is 1. The van der Waals surface area contributed by atoms with Crippen LogP contribution in [-0.2, 0) is 18.4 Å². The average Bonchev–Trinajstić information content (AvgIpc) is 2.86. The molecule has 19 heavy (non-hydrogen) atoms. The summed E-state index contributed by atoms with van der Waals surface area (Å²) < 4.78 is 5.50. The number of aliphatic hydroxyl groups is 1. The lowest BCUT2D eigenvalue weighted by atomic mass is 9.88. The molecular weight excluding hydrogens is 236 g/mol. The van der Waals surface area contributed by atoms with E-state index in [2.05, 4.69) is 6.07 Å². The molecule has 0 fully saturated rings. The highest BCUT2D eigenvalue weighted by Gasteiger charge is 2.25. The van der Waals surface area contributed by atoms with Gasteiger partial charge in [0.25, 0.3) is 0 Å². The Bertz CT molecular complexity index is 573. The maximum atomic E-state index is 10.7. The Morgan fingerprint density at radius 3 is 2.74 bits per heavy atom. The van der Waals surface area contributed by atoms with Crippen molar-refractivity contribution in [2.45, 2.75) is 25.4 Å². The van der Waals surface area contributed by atoms with Crippen LogP contribution < -0.4 is 4.74 Å². The second-order valence-corrected chi connectivity index (χ2v) is 5.36. The van der Waals surface area contributed by atoms with Crippen molar-refractivity contribution < 1.29 is 9.84 Å². The molecular formula is C17H18O2. The Morgan fingerprint density at radius 1 is 1.16 bits per heavy atom. The van der Waals surface area contributed by atoms with Crippen molar-refractivity contribution >= 4 is 0 Å². The Balaban J connectivity index is 1.87. The smallest absolute Gasteiger partial charge is 0.122 e. The highest BCUT2D eigenvalue weighted by molar-refractivity contribution is 5.42. The zero-order chi connectivity index (χ0) is 13.3. The normalized spacial score (nSPS) is 16.5. The highest BCUT2D eigenvalue weighted by Crippen LogP contribution is 2.32. The van der Waals surface area contributed by atoms with Gasteiger partial charge in [-0.3, -0.25) is 0 Å². The van der Waals surface area contributed by atoms with E-state index in [9.17, 15) is 5.11 Å². The Morgan fingerprint density at radius 2 is 1.95 bits per heavy atom. The quantitative estimate of drug-likeness (QED) is 0.912. The molecule has 0 saturated heterocycles. The maximum Gasteiger partial charge on any atom is 0.122 e. The lowest BCUT2D eigenvalue weighted by Crippen LogP contribution is -2.24. The van der Waals surface area contributed by atoms with Gasteiger partial charge in [-0.2, -0.15) is 0 Å². The molecule has 0 saturated carbocycles. The Labute approximate surface area is 113 Å². The molecule has 98 valence electrons. The van der Waals surface area contributed by atoms with Gasteiger partial charge in [0.05, 0.1) is 12.2 Å². The van der Waals surface area contributed by atoms with Gasteiger partial charge in [-0.1, -0.05) is 36.4 Å². The number of hydrogen-bond acceptors (Lipinski definition) is 2. The second kappa shape index (κ2) is 4.71. The molecule has 2 aromatic carbocycles. The third kappa shape index (κ3) is 2.49. The molecule has 1 atom stereocenters. The molecule has 1 unspecified atom stereocenters. The molecule has 2 nitrogen and oxygen atoms in total. The van der Waals surface area contributed by atoms with Crippen LogP contribution in [0.1, 0.15) is 23.6 Å². The van der Waals surface area contributed by atoms with E-state index in [1.165, 1.54) is 5.56 Å². The molecule has 3 rings (SSSR count). The molecule has 0 spiro atoms. The monoisotopic (exact) mass is 254 g/mol. The zero-order valence-corrected chi connectivity index (χ0v) is 11.1. The third-order valence-corrected chi connectivity index (χ3v) is 3.70. The first-order chi connectivity index (χ1) is 9.15. The minimum absolute atomic E-state index is 0.619. The van der Waals surface area contributed by atoms with Gasteiger partial charge in [-0.25, -0.2) is 0 Å². The average molecular weight is 254 g/mol. The van der Waals surface area contributed by atoms with Crippen molar-refractivity contribution in [1.29, 1.82) is 0 Å². The van der Waals surface area contributed by atoms with Gasteiger partial charge in [0.15, 0.2) is 0 Å². The fraction of sp³-hybridized carbons (Fsp3) is 0.294. The third-order valence-electron chi connectivity index (χ3n) is 3.70. The second-order valence-electron chi connectivity index (χ2n) is 5.36. The number of fused-ring (bicyclic) bond motifs is 1. The largest absolute Gasteiger partial charge is 0.493 e. The van der Waals surface area contributed by atoms with Crippen molar-refractivity contribution in [1.82, 2.24) is 0 Å². The van der Waals surface area contributed by atoms with Crippen molar-refractivity contribution in [3.05, 3.63) is 65.2 Å². The molecule has 1 N–H and O–H groups in total. The minimum atomic E-state index is -0.848. The van der Waals surface area contributed by atoms with Crippen molar-refractivity contribution in [2.75, 3.05) is 6.61 Å². The minimum Gasteiger partial charge on any atom is -0.493 e. The molecule has 0 radical (unpaired) electrons. The van der Waals surface area contributed by atoms with Gasteiger partial charge in [-0.15, -0.1) is 0 Å². The molecule has 0 amide bonds. The van der Waals surface area contributed by atoms with Crippen LogP contribution in [0.4, 0.5) is 0 Å². The van der Waals surface area contributed by atoms with Gasteiger partial charge in [-0.05, 0) is 35.7 Å². The summed E-state index contributed by atoms with van der Waals surface area (Å²) in [5.74, 6) is 0.958. The van der Waals surface area contributed by atoms with Crippen molar-refractivity contribution in [3.8, 4) is 5.75 Å². The molecule has 2 aromatic rings. The summed E-state index contributed by atoms with van der Waals surface area (Å²) in [6, 6.07) is 16.1. The summed E-state index contributed by atoms with van der Waals surface area (Å²) >= 11 is 0. The van der Waals surface area contributed by atoms with Gasteiger partial charge in [0, 0.05) is 12.8 Å². The predicted octanol–water partition coefficient (Wildman–Crippen LogP) is 3.07. The Hall–Kier alpha value is -1.80. The van der Waals surface area contributed by atoms with Crippen LogP contribution in [-0.4, -0.2) is 11.7 Å². The lowest BCUT2D eigenvalue weighted by Gasteiger charge is -2.24. The van der Waals surface area contributed by atoms with Gasteiger partial charge >= 0.3 is 0 Å². The molecule has 0 aliphatic carbocycles. The summed E-state index contributed by atoms with van der Waals surface area (Å²) in [4.78, 5) is 0. The standard InChI is InChI=1S/C17H18O2/c1-17(18,12-13-5-3-2-4-6-13)15-7-8-16-14(11-15)9-10-19-16/h2-8,11,18H,9-10,12H2,1H3. The van der Waals surface area contributed by atoms with E-state index in [1.807, 2.05) is 49.4 Å². The highest BCUT2D eigenvalue weighted by atomic mass is 16.5. The van der Waals surface area contributed by atoms with Crippen LogP contribution in [0.25, 0.3) is 0 Å². The van der Waals surface area contributed by atoms with E-state index in [0.29, 0.717) is 6.42 Å². The first-order valence-electron chi connectivity index (χ1n) is 6.68. The maximum absolute atomic E-state index is 10.7. The number of hydrogen-bond donors (Lipinski definition) is 1. The SMILES string of the molecule is CC(O)(Cc1ccccc1)c1ccc2c(c1)CCO2. The molecule has 1 heterocycles. The topological polar surface area (TPSA) is 29.5 Å². The van der Waals surface area contributed by atoms with E-state index in [1.54, 1.807) is 0 Å². The zero-order valence-electron chi connectivity index (χ0n) is 11.1. The van der Waals surface area contributed by atoms with Crippen LogP contribution in [0, 0.1) is 0 Å². The van der Waals surface area contributed by atoms with Crippen molar-refractivity contribution in [3.63, 3.8) is 0 Å². The molecule has 0 bridgehead atoms. The van der Waals surface area contributed by atoms with E-state index in [4.69, 9.17) is 4.74 Å². The number of benzene rings is 2. The van der Waals surface area contributed by atoms with E-state index >= 15 is 0 Å². The van der Waals surface area contributed by atoms with Crippen LogP contribution in [0.2, 0.25) is 0 Å².